The highest BCUT2D eigenvalue weighted by molar-refractivity contribution is 5.58. The molecule has 2 heterocycles. The van der Waals surface area contributed by atoms with Crippen LogP contribution in [0.2, 0.25) is 0 Å². The van der Waals surface area contributed by atoms with E-state index in [-0.39, 0.29) is 24.9 Å². The fraction of sp³-hybridized carbons (Fsp3) is 0.467. The molecule has 1 aliphatic heterocycles. The minimum Gasteiger partial charge on any atom is -0.497 e. The molecule has 1 saturated heterocycles. The van der Waals surface area contributed by atoms with Crippen molar-refractivity contribution in [1.29, 1.82) is 0 Å². The number of hydrogen-bond acceptors (Lipinski definition) is 6. The Kier molecular flexibility index (Phi) is 4.16. The normalized spacial score (nSPS) is 22.0. The van der Waals surface area contributed by atoms with Gasteiger partial charge in [0.1, 0.15) is 17.2 Å². The number of rotatable bonds is 3. The smallest absolute Gasteiger partial charge is 0.324 e. The van der Waals surface area contributed by atoms with Crippen molar-refractivity contribution in [3.63, 3.8) is 0 Å². The molecule has 0 radical (unpaired) electrons. The van der Waals surface area contributed by atoms with Crippen LogP contribution in [0.5, 0.6) is 5.75 Å². The Morgan fingerprint density at radius 3 is 3.00 bits per heavy atom. The topological polar surface area (TPSA) is 63.4 Å². The Hall–Kier alpha value is -2.22. The second kappa shape index (κ2) is 6.11. The molecule has 1 unspecified atom stereocenters. The molecule has 1 atom stereocenters. The molecule has 124 valence electrons. The zero-order valence-electron chi connectivity index (χ0n) is 13.0. The Bertz CT molecular complexity index is 690. The van der Waals surface area contributed by atoms with Crippen LogP contribution in [0.25, 0.3) is 11.4 Å². The van der Waals surface area contributed by atoms with E-state index in [4.69, 9.17) is 9.26 Å². The summed E-state index contributed by atoms with van der Waals surface area (Å²) in [6.07, 6.45) is 0. The summed E-state index contributed by atoms with van der Waals surface area (Å²) in [5.74, 6) is 0.137. The average molecular weight is 324 g/mol. The number of nitrogens with zero attached hydrogens (tertiary/aromatic N) is 3. The van der Waals surface area contributed by atoms with Gasteiger partial charge in [0.05, 0.1) is 13.7 Å². The molecule has 1 aromatic carbocycles. The standard InChI is InChI=1S/C15H18F2N4O2/c1-15(17)8-18-3-4-21(9-15)14-19-13(20-23-14)10-5-11(16)7-12(6-10)22-2/h5-7,18H,3-4,8-9H2,1-2H3. The number of hydrogen-bond donors (Lipinski definition) is 1. The average Bonchev–Trinajstić information content (AvgIpc) is 2.92. The largest absolute Gasteiger partial charge is 0.497 e. The Morgan fingerprint density at radius 2 is 2.22 bits per heavy atom. The van der Waals surface area contributed by atoms with Gasteiger partial charge in [-0.3, -0.25) is 0 Å². The second-order valence-electron chi connectivity index (χ2n) is 5.79. The lowest BCUT2D eigenvalue weighted by atomic mass is 10.1. The van der Waals surface area contributed by atoms with Gasteiger partial charge in [-0.25, -0.2) is 8.78 Å². The molecule has 0 bridgehead atoms. The van der Waals surface area contributed by atoms with Crippen molar-refractivity contribution in [2.45, 2.75) is 12.6 Å². The number of alkyl halides is 1. The molecule has 1 aliphatic rings. The molecule has 6 nitrogen and oxygen atoms in total. The maximum absolute atomic E-state index is 14.3. The maximum Gasteiger partial charge on any atom is 0.324 e. The van der Waals surface area contributed by atoms with Gasteiger partial charge in [0.2, 0.25) is 5.82 Å². The number of anilines is 1. The zero-order valence-corrected chi connectivity index (χ0v) is 13.0. The van der Waals surface area contributed by atoms with E-state index in [1.807, 2.05) is 0 Å². The summed E-state index contributed by atoms with van der Waals surface area (Å²) < 4.78 is 38.1. The minimum absolute atomic E-state index is 0.147. The van der Waals surface area contributed by atoms with Crippen LogP contribution < -0.4 is 15.0 Å². The number of ether oxygens (including phenoxy) is 1. The third-order valence-corrected chi connectivity index (χ3v) is 3.62. The third kappa shape index (κ3) is 3.58. The van der Waals surface area contributed by atoms with Crippen molar-refractivity contribution in [3.05, 3.63) is 24.0 Å². The zero-order chi connectivity index (χ0) is 16.4. The highest BCUT2D eigenvalue weighted by Crippen LogP contribution is 2.26. The van der Waals surface area contributed by atoms with Crippen LogP contribution in [0.15, 0.2) is 22.7 Å². The van der Waals surface area contributed by atoms with E-state index in [0.29, 0.717) is 24.4 Å². The van der Waals surface area contributed by atoms with Crippen molar-refractivity contribution in [2.24, 2.45) is 0 Å². The molecular formula is C15H18F2N4O2. The van der Waals surface area contributed by atoms with Gasteiger partial charge >= 0.3 is 6.01 Å². The summed E-state index contributed by atoms with van der Waals surface area (Å²) in [5.41, 5.74) is -0.958. The molecule has 0 aliphatic carbocycles. The van der Waals surface area contributed by atoms with E-state index in [9.17, 15) is 8.78 Å². The number of methoxy groups -OCH3 is 1. The van der Waals surface area contributed by atoms with Gasteiger partial charge in [-0.1, -0.05) is 5.16 Å². The van der Waals surface area contributed by atoms with Crippen molar-refractivity contribution in [1.82, 2.24) is 15.5 Å². The summed E-state index contributed by atoms with van der Waals surface area (Å²) in [6.45, 7) is 3.10. The number of halogens is 2. The number of aromatic nitrogens is 2. The van der Waals surface area contributed by atoms with E-state index in [1.165, 1.54) is 26.2 Å². The molecule has 8 heteroatoms. The Labute approximate surface area is 132 Å². The molecular weight excluding hydrogens is 306 g/mol. The van der Waals surface area contributed by atoms with Gasteiger partial charge in [-0.05, 0) is 19.1 Å². The van der Waals surface area contributed by atoms with Gasteiger partial charge < -0.3 is 19.5 Å². The highest BCUT2D eigenvalue weighted by atomic mass is 19.1. The summed E-state index contributed by atoms with van der Waals surface area (Å²) in [6, 6.07) is 4.39. The fourth-order valence-electron chi connectivity index (χ4n) is 2.53. The van der Waals surface area contributed by atoms with Crippen LogP contribution in [-0.2, 0) is 0 Å². The van der Waals surface area contributed by atoms with Gasteiger partial charge in [0.15, 0.2) is 0 Å². The molecule has 0 spiro atoms. The summed E-state index contributed by atoms with van der Waals surface area (Å²) in [7, 11) is 1.45. The van der Waals surface area contributed by atoms with Crippen molar-refractivity contribution < 1.29 is 18.0 Å². The molecule has 3 rings (SSSR count). The van der Waals surface area contributed by atoms with E-state index in [0.717, 1.165) is 0 Å². The lowest BCUT2D eigenvalue weighted by Crippen LogP contribution is -2.39. The van der Waals surface area contributed by atoms with Crippen molar-refractivity contribution in [2.75, 3.05) is 38.2 Å². The van der Waals surface area contributed by atoms with Crippen LogP contribution in [-0.4, -0.2) is 49.1 Å². The van der Waals surface area contributed by atoms with Crippen LogP contribution in [0.1, 0.15) is 6.92 Å². The first-order valence-corrected chi connectivity index (χ1v) is 7.30. The predicted octanol–water partition coefficient (Wildman–Crippen LogP) is 2.02. The maximum atomic E-state index is 14.3. The SMILES string of the molecule is COc1cc(F)cc(-c2noc(N3CCNCC(C)(F)C3)n2)c1. The van der Waals surface area contributed by atoms with E-state index in [1.54, 1.807) is 11.0 Å². The van der Waals surface area contributed by atoms with E-state index in [2.05, 4.69) is 15.5 Å². The lowest BCUT2D eigenvalue weighted by molar-refractivity contribution is 0.199. The first-order chi connectivity index (χ1) is 11.0. The van der Waals surface area contributed by atoms with E-state index >= 15 is 0 Å². The molecule has 1 fully saturated rings. The molecule has 0 amide bonds. The first-order valence-electron chi connectivity index (χ1n) is 7.30. The molecule has 23 heavy (non-hydrogen) atoms. The molecule has 0 saturated carbocycles. The number of nitrogens with one attached hydrogen (secondary N) is 1. The third-order valence-electron chi connectivity index (χ3n) is 3.62. The van der Waals surface area contributed by atoms with Gasteiger partial charge in [-0.2, -0.15) is 4.98 Å². The van der Waals surface area contributed by atoms with Gasteiger partial charge in [-0.15, -0.1) is 0 Å². The molecule has 1 N–H and O–H groups in total. The Balaban J connectivity index is 1.86. The van der Waals surface area contributed by atoms with Crippen LogP contribution >= 0.6 is 0 Å². The lowest BCUT2D eigenvalue weighted by Gasteiger charge is -2.23. The molecule has 2 aromatic rings. The summed E-state index contributed by atoms with van der Waals surface area (Å²) in [5, 5.41) is 6.89. The fourth-order valence-corrected chi connectivity index (χ4v) is 2.53. The van der Waals surface area contributed by atoms with Gasteiger partial charge in [0.25, 0.3) is 0 Å². The first kappa shape index (κ1) is 15.7. The van der Waals surface area contributed by atoms with Crippen LogP contribution in [0, 0.1) is 5.82 Å². The highest BCUT2D eigenvalue weighted by Gasteiger charge is 2.31. The van der Waals surface area contributed by atoms with Gasteiger partial charge in [0, 0.05) is 31.3 Å². The van der Waals surface area contributed by atoms with Crippen LogP contribution in [0.3, 0.4) is 0 Å². The number of benzene rings is 1. The summed E-state index contributed by atoms with van der Waals surface area (Å²) >= 11 is 0. The van der Waals surface area contributed by atoms with Crippen LogP contribution in [0.4, 0.5) is 14.8 Å². The van der Waals surface area contributed by atoms with E-state index < -0.39 is 11.5 Å². The predicted molar refractivity (Wildman–Crippen MR) is 80.8 cm³/mol. The molecule has 1 aromatic heterocycles. The second-order valence-corrected chi connectivity index (χ2v) is 5.79. The minimum atomic E-state index is -1.40. The van der Waals surface area contributed by atoms with Crippen molar-refractivity contribution in [3.8, 4) is 17.1 Å². The Morgan fingerprint density at radius 1 is 1.39 bits per heavy atom. The van der Waals surface area contributed by atoms with Crippen molar-refractivity contribution >= 4 is 6.01 Å². The summed E-state index contributed by atoms with van der Waals surface area (Å²) in [4.78, 5) is 5.95. The monoisotopic (exact) mass is 324 g/mol. The quantitative estimate of drug-likeness (QED) is 0.932.